The van der Waals surface area contributed by atoms with E-state index in [0.717, 1.165) is 12.8 Å². The molecule has 12 heteroatoms. The molecule has 4 unspecified atom stereocenters. The number of rotatable bonds is 15. The maximum atomic E-state index is 12.6. The molecule has 0 radical (unpaired) electrons. The molecule has 236 valence electrons. The van der Waals surface area contributed by atoms with Crippen molar-refractivity contribution in [3.63, 3.8) is 0 Å². The topological polar surface area (TPSA) is 170 Å². The monoisotopic (exact) mass is 603 g/mol. The molecule has 5 atom stereocenters. The van der Waals surface area contributed by atoms with Gasteiger partial charge in [0.25, 0.3) is 0 Å². The van der Waals surface area contributed by atoms with E-state index in [4.69, 9.17) is 34.2 Å². The number of carbonyl (C=O) groups is 4. The van der Waals surface area contributed by atoms with Gasteiger partial charge in [-0.25, -0.2) is 14.4 Å². The van der Waals surface area contributed by atoms with Gasteiger partial charge in [0.1, 0.15) is 30.1 Å². The molecule has 0 fully saturated rings. The lowest BCUT2D eigenvalue weighted by Crippen LogP contribution is -2.38. The first kappa shape index (κ1) is 34.9. The van der Waals surface area contributed by atoms with Gasteiger partial charge < -0.3 is 39.3 Å². The van der Waals surface area contributed by atoms with Crippen molar-refractivity contribution in [2.45, 2.75) is 97.0 Å². The van der Waals surface area contributed by atoms with Crippen molar-refractivity contribution in [3.8, 4) is 17.2 Å². The number of para-hydroxylation sites is 1. The molecule has 2 rings (SSSR count). The van der Waals surface area contributed by atoms with Crippen molar-refractivity contribution in [1.82, 2.24) is 0 Å². The summed E-state index contributed by atoms with van der Waals surface area (Å²) in [5.41, 5.74) is 6.35. The van der Waals surface area contributed by atoms with E-state index in [-0.39, 0.29) is 23.7 Å². The number of hydrogen-bond acceptors (Lipinski definition) is 11. The average molecular weight is 604 g/mol. The number of aliphatic carboxylic acids is 1. The summed E-state index contributed by atoms with van der Waals surface area (Å²) >= 11 is 0. The molecule has 12 nitrogen and oxygen atoms in total. The first-order valence-corrected chi connectivity index (χ1v) is 14.3. The Morgan fingerprint density at radius 3 is 1.77 bits per heavy atom. The van der Waals surface area contributed by atoms with E-state index >= 15 is 0 Å². The lowest BCUT2D eigenvalue weighted by molar-refractivity contribution is -0.139. The summed E-state index contributed by atoms with van der Waals surface area (Å²) in [4.78, 5) is 49.2. The van der Waals surface area contributed by atoms with Crippen LogP contribution in [0.4, 0.5) is 14.4 Å². The van der Waals surface area contributed by atoms with Crippen LogP contribution in [0.25, 0.3) is 0 Å². The predicted molar refractivity (Wildman–Crippen MR) is 155 cm³/mol. The second kappa shape index (κ2) is 17.6. The fourth-order valence-corrected chi connectivity index (χ4v) is 4.25. The summed E-state index contributed by atoms with van der Waals surface area (Å²) in [5, 5.41) is 9.72. The number of ether oxygens (including phenoxy) is 6. The Balaban J connectivity index is 2.32. The van der Waals surface area contributed by atoms with Crippen molar-refractivity contribution in [2.75, 3.05) is 0 Å². The molecule has 3 N–H and O–H groups in total. The summed E-state index contributed by atoms with van der Waals surface area (Å²) in [5.74, 6) is -2.34. The van der Waals surface area contributed by atoms with Gasteiger partial charge in [-0.05, 0) is 69.9 Å². The van der Waals surface area contributed by atoms with Crippen molar-refractivity contribution in [1.29, 1.82) is 0 Å². The maximum Gasteiger partial charge on any atom is 0.514 e. The van der Waals surface area contributed by atoms with E-state index in [1.165, 1.54) is 18.2 Å². The highest BCUT2D eigenvalue weighted by molar-refractivity contribution is 5.75. The molecule has 2 aromatic carbocycles. The molecular weight excluding hydrogens is 562 g/mol. The lowest BCUT2D eigenvalue weighted by Gasteiger charge is -2.25. The van der Waals surface area contributed by atoms with Crippen LogP contribution in [0.15, 0.2) is 48.5 Å². The van der Waals surface area contributed by atoms with E-state index in [0.29, 0.717) is 18.4 Å². The number of benzene rings is 2. The first-order chi connectivity index (χ1) is 20.4. The minimum atomic E-state index is -1.44. The third-order valence-electron chi connectivity index (χ3n) is 6.31. The van der Waals surface area contributed by atoms with Crippen LogP contribution in [-0.4, -0.2) is 53.9 Å². The molecular formula is C31H41NO11. The Bertz CT molecular complexity index is 1200. The van der Waals surface area contributed by atoms with Crippen molar-refractivity contribution in [2.24, 2.45) is 5.73 Å². The zero-order chi connectivity index (χ0) is 31.9. The van der Waals surface area contributed by atoms with Crippen molar-refractivity contribution in [3.05, 3.63) is 54.1 Å². The Hall–Kier alpha value is -4.32. The van der Waals surface area contributed by atoms with Gasteiger partial charge in [0, 0.05) is 5.92 Å². The Morgan fingerprint density at radius 1 is 0.721 bits per heavy atom. The normalized spacial score (nSPS) is 14.3. The number of nitrogens with two attached hydrogens (primary N) is 1. The van der Waals surface area contributed by atoms with Crippen LogP contribution in [-0.2, 0) is 19.0 Å². The van der Waals surface area contributed by atoms with Gasteiger partial charge >= 0.3 is 24.4 Å². The SMILES string of the molecule is CCCC(C)OC(=O)Oc1ccc(C(CC(C)OC(=O)Oc2ccccc2)[C@H](N)C(=O)O)cc1OC(=O)OC(C)CCC. The Labute approximate surface area is 251 Å². The summed E-state index contributed by atoms with van der Waals surface area (Å²) in [6.07, 6.45) is -1.97. The van der Waals surface area contributed by atoms with Crippen LogP contribution >= 0.6 is 0 Å². The molecule has 0 bridgehead atoms. The fourth-order valence-electron chi connectivity index (χ4n) is 4.25. The van der Waals surface area contributed by atoms with Crippen LogP contribution in [0.2, 0.25) is 0 Å². The first-order valence-electron chi connectivity index (χ1n) is 14.3. The second-order valence-electron chi connectivity index (χ2n) is 10.1. The summed E-state index contributed by atoms with van der Waals surface area (Å²) in [7, 11) is 0. The summed E-state index contributed by atoms with van der Waals surface area (Å²) in [6, 6.07) is 11.0. The van der Waals surface area contributed by atoms with E-state index in [2.05, 4.69) is 0 Å². The Morgan fingerprint density at radius 2 is 1.23 bits per heavy atom. The molecule has 0 spiro atoms. The molecule has 0 aliphatic rings. The van der Waals surface area contributed by atoms with Gasteiger partial charge in [0.05, 0.1) is 0 Å². The zero-order valence-electron chi connectivity index (χ0n) is 25.1. The average Bonchev–Trinajstić information content (AvgIpc) is 2.92. The summed E-state index contributed by atoms with van der Waals surface area (Å²) in [6.45, 7) is 8.86. The molecule has 2 aromatic rings. The highest BCUT2D eigenvalue weighted by Crippen LogP contribution is 2.35. The van der Waals surface area contributed by atoms with E-state index in [1.54, 1.807) is 51.1 Å². The van der Waals surface area contributed by atoms with Gasteiger partial charge in [-0.2, -0.15) is 0 Å². The van der Waals surface area contributed by atoms with Crippen molar-refractivity contribution < 1.29 is 52.7 Å². The molecule has 0 aliphatic heterocycles. The molecule has 0 amide bonds. The van der Waals surface area contributed by atoms with Gasteiger partial charge in [-0.15, -0.1) is 0 Å². The maximum absolute atomic E-state index is 12.6. The lowest BCUT2D eigenvalue weighted by atomic mass is 9.87. The number of hydrogen-bond donors (Lipinski definition) is 2. The molecule has 0 saturated carbocycles. The fraction of sp³-hybridized carbons (Fsp3) is 0.484. The van der Waals surface area contributed by atoms with Gasteiger partial charge in [0.2, 0.25) is 0 Å². The van der Waals surface area contributed by atoms with E-state index in [9.17, 15) is 24.3 Å². The predicted octanol–water partition coefficient (Wildman–Crippen LogP) is 6.58. The zero-order valence-corrected chi connectivity index (χ0v) is 25.1. The van der Waals surface area contributed by atoms with Crippen LogP contribution in [0.5, 0.6) is 17.2 Å². The molecule has 0 heterocycles. The van der Waals surface area contributed by atoms with Crippen LogP contribution in [0, 0.1) is 0 Å². The van der Waals surface area contributed by atoms with E-state index in [1.807, 2.05) is 13.8 Å². The molecule has 43 heavy (non-hydrogen) atoms. The Kier molecular flexibility index (Phi) is 14.3. The molecule has 0 aliphatic carbocycles. The number of carboxylic acid groups (broad SMARTS) is 1. The highest BCUT2D eigenvalue weighted by atomic mass is 16.8. The number of carbonyl (C=O) groups excluding carboxylic acids is 3. The standard InChI is InChI=1S/C31H41NO11/c1-6-11-19(3)38-30(36)42-25-16-15-22(18-26(25)43-31(37)39-20(4)12-7-2)24(27(32)28(33)34)17-21(5)40-29(35)41-23-13-9-8-10-14-23/h8-10,13-16,18-21,24,27H,6-7,11-12,17,32H2,1-5H3,(H,33,34)/t19?,20?,21?,24?,27-/m0/s1. The van der Waals surface area contributed by atoms with Crippen molar-refractivity contribution >= 4 is 24.4 Å². The summed E-state index contributed by atoms with van der Waals surface area (Å²) < 4.78 is 31.7. The molecule has 0 saturated heterocycles. The quantitative estimate of drug-likeness (QED) is 0.127. The third kappa shape index (κ3) is 12.2. The van der Waals surface area contributed by atoms with Crippen LogP contribution in [0.1, 0.15) is 78.2 Å². The third-order valence-corrected chi connectivity index (χ3v) is 6.31. The van der Waals surface area contributed by atoms with E-state index < -0.39 is 54.7 Å². The van der Waals surface area contributed by atoms with Gasteiger partial charge in [0.15, 0.2) is 11.5 Å². The van der Waals surface area contributed by atoms with Crippen LogP contribution in [0.3, 0.4) is 0 Å². The largest absolute Gasteiger partial charge is 0.514 e. The minimum Gasteiger partial charge on any atom is -0.480 e. The number of carboxylic acids is 1. The van der Waals surface area contributed by atoms with Crippen LogP contribution < -0.4 is 19.9 Å². The van der Waals surface area contributed by atoms with Gasteiger partial charge in [-0.1, -0.05) is 51.0 Å². The smallest absolute Gasteiger partial charge is 0.480 e. The molecule has 0 aromatic heterocycles. The second-order valence-corrected chi connectivity index (χ2v) is 10.1. The minimum absolute atomic E-state index is 0.0362. The van der Waals surface area contributed by atoms with Gasteiger partial charge in [-0.3, -0.25) is 4.79 Å². The highest BCUT2D eigenvalue weighted by Gasteiger charge is 2.31.